The zero-order valence-corrected chi connectivity index (χ0v) is 16.6. The number of ether oxygens (including phenoxy) is 1. The number of quaternary nitrogens is 1. The van der Waals surface area contributed by atoms with Gasteiger partial charge in [-0.3, -0.25) is 9.59 Å². The number of alkyl halides is 3. The Labute approximate surface area is 170 Å². The van der Waals surface area contributed by atoms with E-state index < -0.39 is 6.36 Å². The Bertz CT molecular complexity index is 845. The van der Waals surface area contributed by atoms with Crippen LogP contribution in [0.2, 0.25) is 0 Å². The molecule has 10 heteroatoms. The lowest BCUT2D eigenvalue weighted by Crippen LogP contribution is -3.11. The van der Waals surface area contributed by atoms with Gasteiger partial charge in [-0.1, -0.05) is 12.1 Å². The number of anilines is 2. The van der Waals surface area contributed by atoms with Crippen LogP contribution in [-0.4, -0.2) is 44.6 Å². The van der Waals surface area contributed by atoms with E-state index in [1.807, 2.05) is 24.5 Å². The van der Waals surface area contributed by atoms with Gasteiger partial charge in [0.1, 0.15) is 5.75 Å². The van der Waals surface area contributed by atoms with E-state index in [2.05, 4.69) is 15.4 Å². The van der Waals surface area contributed by atoms with Crippen LogP contribution in [0.1, 0.15) is 0 Å². The highest BCUT2D eigenvalue weighted by Crippen LogP contribution is 2.25. The second kappa shape index (κ2) is 10.2. The van der Waals surface area contributed by atoms with Crippen LogP contribution in [0.5, 0.6) is 5.75 Å². The summed E-state index contributed by atoms with van der Waals surface area (Å²) in [4.78, 5) is 25.9. The second-order valence-electron chi connectivity index (χ2n) is 6.18. The Hall–Kier alpha value is -2.72. The molecule has 0 saturated heterocycles. The van der Waals surface area contributed by atoms with Crippen molar-refractivity contribution in [2.45, 2.75) is 11.3 Å². The first kappa shape index (κ1) is 22.6. The topological polar surface area (TPSA) is 71.9 Å². The molecule has 0 heterocycles. The molecular formula is C19H21F3N3O3S+. The maximum atomic E-state index is 12.2. The zero-order chi connectivity index (χ0) is 21.4. The largest absolute Gasteiger partial charge is 0.573 e. The van der Waals surface area contributed by atoms with E-state index in [1.165, 1.54) is 23.9 Å². The van der Waals surface area contributed by atoms with Crippen LogP contribution >= 0.6 is 11.8 Å². The predicted octanol–water partition coefficient (Wildman–Crippen LogP) is 2.40. The molecule has 0 saturated carbocycles. The van der Waals surface area contributed by atoms with Crippen LogP contribution in [0.15, 0.2) is 53.4 Å². The molecule has 156 valence electrons. The Morgan fingerprint density at radius 1 is 1.00 bits per heavy atom. The van der Waals surface area contributed by atoms with Crippen LogP contribution in [-0.2, 0) is 9.59 Å². The minimum atomic E-state index is -4.77. The minimum Gasteiger partial charge on any atom is -0.406 e. The average molecular weight is 428 g/mol. The highest BCUT2D eigenvalue weighted by molar-refractivity contribution is 7.98. The number of thioether (sulfide) groups is 1. The lowest BCUT2D eigenvalue weighted by Gasteiger charge is -2.15. The number of likely N-dealkylation sites (N-methyl/N-ethyl adjacent to an activating group) is 1. The second-order valence-corrected chi connectivity index (χ2v) is 7.03. The molecule has 0 fully saturated rings. The first-order valence-electron chi connectivity index (χ1n) is 8.56. The van der Waals surface area contributed by atoms with Crippen LogP contribution in [0.25, 0.3) is 0 Å². The molecule has 2 rings (SSSR count). The fourth-order valence-electron chi connectivity index (χ4n) is 2.50. The molecule has 0 aliphatic carbocycles. The van der Waals surface area contributed by atoms with E-state index in [0.717, 1.165) is 17.0 Å². The van der Waals surface area contributed by atoms with Gasteiger partial charge in [-0.2, -0.15) is 0 Å². The predicted molar refractivity (Wildman–Crippen MR) is 105 cm³/mol. The van der Waals surface area contributed by atoms with Crippen molar-refractivity contribution in [3.63, 3.8) is 0 Å². The summed E-state index contributed by atoms with van der Waals surface area (Å²) >= 11 is 1.52. The third-order valence-electron chi connectivity index (χ3n) is 3.68. The van der Waals surface area contributed by atoms with Gasteiger partial charge >= 0.3 is 6.36 Å². The fraction of sp³-hybridized carbons (Fsp3) is 0.263. The lowest BCUT2D eigenvalue weighted by atomic mass is 10.3. The average Bonchev–Trinajstić information content (AvgIpc) is 2.62. The minimum absolute atomic E-state index is 0.0123. The molecular weight excluding hydrogens is 407 g/mol. The molecule has 6 nitrogen and oxygen atoms in total. The number of rotatable bonds is 8. The SMILES string of the molecule is CSc1ccccc1NC(=O)C[NH+](C)CC(=O)Nc1ccc(OC(F)(F)F)cc1. The van der Waals surface area contributed by atoms with E-state index in [9.17, 15) is 22.8 Å². The van der Waals surface area contributed by atoms with Crippen LogP contribution in [0.4, 0.5) is 24.5 Å². The summed E-state index contributed by atoms with van der Waals surface area (Å²) in [5.74, 6) is -0.977. The van der Waals surface area contributed by atoms with Crippen molar-refractivity contribution in [2.75, 3.05) is 37.0 Å². The molecule has 0 radical (unpaired) electrons. The number of benzene rings is 2. The van der Waals surface area contributed by atoms with E-state index in [-0.39, 0.29) is 30.7 Å². The number of nitrogens with one attached hydrogen (secondary N) is 3. The maximum absolute atomic E-state index is 12.2. The Kier molecular flexibility index (Phi) is 7.91. The molecule has 1 unspecified atom stereocenters. The van der Waals surface area contributed by atoms with Gasteiger partial charge in [0.25, 0.3) is 11.8 Å². The summed E-state index contributed by atoms with van der Waals surface area (Å²) < 4.78 is 40.2. The van der Waals surface area contributed by atoms with E-state index in [4.69, 9.17) is 0 Å². The first-order valence-corrected chi connectivity index (χ1v) is 9.78. The van der Waals surface area contributed by atoms with Crippen LogP contribution in [0, 0.1) is 0 Å². The molecule has 0 bridgehead atoms. The number of amides is 2. The first-order chi connectivity index (χ1) is 13.7. The van der Waals surface area contributed by atoms with Crippen molar-refractivity contribution in [3.8, 4) is 5.75 Å². The quantitative estimate of drug-likeness (QED) is 0.565. The summed E-state index contributed by atoms with van der Waals surface area (Å²) in [7, 11) is 1.69. The molecule has 2 amide bonds. The molecule has 1 atom stereocenters. The lowest BCUT2D eigenvalue weighted by molar-refractivity contribution is -0.862. The summed E-state index contributed by atoms with van der Waals surface area (Å²) in [5.41, 5.74) is 1.04. The molecule has 29 heavy (non-hydrogen) atoms. The highest BCUT2D eigenvalue weighted by atomic mass is 32.2. The maximum Gasteiger partial charge on any atom is 0.573 e. The van der Waals surface area contributed by atoms with E-state index in [0.29, 0.717) is 16.3 Å². The van der Waals surface area contributed by atoms with Crippen LogP contribution < -0.4 is 20.3 Å². The van der Waals surface area contributed by atoms with Crippen molar-refractivity contribution in [2.24, 2.45) is 0 Å². The van der Waals surface area contributed by atoms with Gasteiger partial charge in [0.05, 0.1) is 12.7 Å². The van der Waals surface area contributed by atoms with Gasteiger partial charge in [0, 0.05) is 10.6 Å². The molecule has 0 aromatic heterocycles. The molecule has 2 aromatic rings. The summed E-state index contributed by atoms with van der Waals surface area (Å²) in [6.45, 7) is 0.0902. The normalized spacial score (nSPS) is 12.2. The number of para-hydroxylation sites is 1. The Morgan fingerprint density at radius 3 is 2.17 bits per heavy atom. The molecule has 2 aromatic carbocycles. The van der Waals surface area contributed by atoms with Gasteiger partial charge < -0.3 is 20.3 Å². The van der Waals surface area contributed by atoms with Crippen molar-refractivity contribution in [1.82, 2.24) is 0 Å². The molecule has 3 N–H and O–H groups in total. The van der Waals surface area contributed by atoms with Gasteiger partial charge in [-0.15, -0.1) is 24.9 Å². The third kappa shape index (κ3) is 8.04. The number of hydrogen-bond acceptors (Lipinski definition) is 4. The van der Waals surface area contributed by atoms with Crippen molar-refractivity contribution >= 4 is 35.0 Å². The summed E-state index contributed by atoms with van der Waals surface area (Å²) in [6.07, 6.45) is -2.86. The standard InChI is InChI=1S/C19H20F3N3O3S/c1-25(12-18(27)24-15-5-3-4-6-16(15)29-2)11-17(26)23-13-7-9-14(10-8-13)28-19(20,21)22/h3-10H,11-12H2,1-2H3,(H,23,26)(H,24,27)/p+1. The smallest absolute Gasteiger partial charge is 0.406 e. The number of carbonyl (C=O) groups is 2. The zero-order valence-electron chi connectivity index (χ0n) is 15.8. The van der Waals surface area contributed by atoms with Crippen molar-refractivity contribution in [3.05, 3.63) is 48.5 Å². The summed E-state index contributed by atoms with van der Waals surface area (Å²) in [6, 6.07) is 12.2. The molecule has 0 spiro atoms. The van der Waals surface area contributed by atoms with Gasteiger partial charge in [0.15, 0.2) is 13.1 Å². The Balaban J connectivity index is 1.81. The molecule has 0 aliphatic rings. The van der Waals surface area contributed by atoms with Crippen LogP contribution in [0.3, 0.4) is 0 Å². The van der Waals surface area contributed by atoms with Crippen molar-refractivity contribution in [1.29, 1.82) is 0 Å². The van der Waals surface area contributed by atoms with Gasteiger partial charge in [-0.05, 0) is 42.7 Å². The third-order valence-corrected chi connectivity index (χ3v) is 4.47. The Morgan fingerprint density at radius 2 is 1.59 bits per heavy atom. The van der Waals surface area contributed by atoms with Gasteiger partial charge in [-0.25, -0.2) is 0 Å². The number of halogens is 3. The van der Waals surface area contributed by atoms with Gasteiger partial charge in [0.2, 0.25) is 0 Å². The highest BCUT2D eigenvalue weighted by Gasteiger charge is 2.31. The molecule has 0 aliphatic heterocycles. The number of carbonyl (C=O) groups excluding carboxylic acids is 2. The number of hydrogen-bond donors (Lipinski definition) is 3. The summed E-state index contributed by atoms with van der Waals surface area (Å²) in [5, 5.41) is 5.39. The monoisotopic (exact) mass is 428 g/mol. The van der Waals surface area contributed by atoms with E-state index in [1.54, 1.807) is 13.1 Å². The van der Waals surface area contributed by atoms with E-state index >= 15 is 0 Å². The van der Waals surface area contributed by atoms with Crippen molar-refractivity contribution < 1.29 is 32.4 Å². The fourth-order valence-corrected chi connectivity index (χ4v) is 3.05.